The van der Waals surface area contributed by atoms with E-state index in [-0.39, 0.29) is 5.69 Å². The quantitative estimate of drug-likeness (QED) is 0.884. The molecule has 1 aliphatic rings. The predicted octanol–water partition coefficient (Wildman–Crippen LogP) is 2.91. The first-order chi connectivity index (χ1) is 10.2. The van der Waals surface area contributed by atoms with Crippen LogP contribution in [0.4, 0.5) is 5.69 Å². The topological polar surface area (TPSA) is 71.5 Å². The van der Waals surface area contributed by atoms with E-state index in [0.29, 0.717) is 17.7 Å². The van der Waals surface area contributed by atoms with Gasteiger partial charge in [0.25, 0.3) is 0 Å². The summed E-state index contributed by atoms with van der Waals surface area (Å²) < 4.78 is 5.55. The minimum absolute atomic E-state index is 0.0666. The smallest absolute Gasteiger partial charge is 0.354 e. The molecule has 0 spiro atoms. The Labute approximate surface area is 123 Å². The molecule has 1 heterocycles. The Bertz CT molecular complexity index is 666. The highest BCUT2D eigenvalue weighted by molar-refractivity contribution is 5.97. The molecule has 1 aliphatic carbocycles. The van der Waals surface area contributed by atoms with Gasteiger partial charge in [0, 0.05) is 23.7 Å². The molecule has 110 valence electrons. The Kier molecular flexibility index (Phi) is 3.75. The molecule has 5 nitrogen and oxygen atoms in total. The largest absolute Gasteiger partial charge is 0.477 e. The molecule has 3 rings (SSSR count). The Morgan fingerprint density at radius 3 is 2.90 bits per heavy atom. The van der Waals surface area contributed by atoms with E-state index < -0.39 is 5.97 Å². The monoisotopic (exact) mass is 286 g/mol. The van der Waals surface area contributed by atoms with Gasteiger partial charge in [-0.25, -0.2) is 9.78 Å². The average molecular weight is 286 g/mol. The summed E-state index contributed by atoms with van der Waals surface area (Å²) in [6, 6.07) is 9.51. The molecule has 2 N–H and O–H groups in total. The number of nitrogens with one attached hydrogen (secondary N) is 1. The number of ether oxygens (including phenoxy) is 1. The second-order valence-corrected chi connectivity index (χ2v) is 5.27. The van der Waals surface area contributed by atoms with Crippen LogP contribution in [0.5, 0.6) is 0 Å². The lowest BCUT2D eigenvalue weighted by Gasteiger charge is -2.36. The van der Waals surface area contributed by atoms with Crippen molar-refractivity contribution in [3.8, 4) is 0 Å². The van der Waals surface area contributed by atoms with Gasteiger partial charge >= 0.3 is 5.97 Å². The minimum Gasteiger partial charge on any atom is -0.477 e. The third kappa shape index (κ3) is 2.83. The number of nitrogens with zero attached hydrogens (tertiary/aromatic N) is 1. The van der Waals surface area contributed by atoms with Crippen molar-refractivity contribution >= 4 is 22.6 Å². The highest BCUT2D eigenvalue weighted by atomic mass is 16.5. The number of hydrogen-bond acceptors (Lipinski definition) is 4. The summed E-state index contributed by atoms with van der Waals surface area (Å²) in [6.45, 7) is 2.73. The van der Waals surface area contributed by atoms with Crippen LogP contribution in [0.2, 0.25) is 0 Å². The van der Waals surface area contributed by atoms with Crippen LogP contribution in [-0.4, -0.2) is 34.8 Å². The van der Waals surface area contributed by atoms with Crippen molar-refractivity contribution in [2.45, 2.75) is 31.9 Å². The molecule has 1 aromatic carbocycles. The van der Waals surface area contributed by atoms with Gasteiger partial charge in [-0.15, -0.1) is 0 Å². The summed E-state index contributed by atoms with van der Waals surface area (Å²) in [5.74, 6) is -1.01. The third-order valence-electron chi connectivity index (χ3n) is 3.79. The summed E-state index contributed by atoms with van der Waals surface area (Å²) in [7, 11) is 0. The molecule has 0 unspecified atom stereocenters. The highest BCUT2D eigenvalue weighted by Crippen LogP contribution is 2.30. The van der Waals surface area contributed by atoms with E-state index in [2.05, 4.69) is 10.3 Å². The lowest BCUT2D eigenvalue weighted by atomic mass is 9.89. The van der Waals surface area contributed by atoms with Crippen LogP contribution in [0.25, 0.3) is 10.9 Å². The van der Waals surface area contributed by atoms with Crippen LogP contribution < -0.4 is 5.32 Å². The molecule has 21 heavy (non-hydrogen) atoms. The summed E-state index contributed by atoms with van der Waals surface area (Å²) in [5.41, 5.74) is 1.59. The number of pyridine rings is 1. The predicted molar refractivity (Wildman–Crippen MR) is 80.8 cm³/mol. The molecule has 0 radical (unpaired) electrons. The molecular weight excluding hydrogens is 268 g/mol. The van der Waals surface area contributed by atoms with Crippen LogP contribution in [0, 0.1) is 0 Å². The summed E-state index contributed by atoms with van der Waals surface area (Å²) >= 11 is 0. The first kappa shape index (κ1) is 13.8. The molecule has 2 aromatic rings. The lowest BCUT2D eigenvalue weighted by Crippen LogP contribution is -2.40. The van der Waals surface area contributed by atoms with Crippen LogP contribution in [0.3, 0.4) is 0 Å². The van der Waals surface area contributed by atoms with Gasteiger partial charge in [0.05, 0.1) is 11.6 Å². The summed E-state index contributed by atoms with van der Waals surface area (Å²) in [6.07, 6.45) is 2.22. The van der Waals surface area contributed by atoms with Crippen molar-refractivity contribution in [2.24, 2.45) is 0 Å². The fraction of sp³-hybridized carbons (Fsp3) is 0.375. The van der Waals surface area contributed by atoms with Gasteiger partial charge in [0.2, 0.25) is 0 Å². The number of anilines is 1. The van der Waals surface area contributed by atoms with Crippen LogP contribution >= 0.6 is 0 Å². The maximum absolute atomic E-state index is 11.2. The number of para-hydroxylation sites is 1. The zero-order valence-electron chi connectivity index (χ0n) is 11.9. The Morgan fingerprint density at radius 1 is 1.43 bits per heavy atom. The minimum atomic E-state index is -1.01. The number of benzene rings is 1. The van der Waals surface area contributed by atoms with E-state index in [4.69, 9.17) is 4.74 Å². The van der Waals surface area contributed by atoms with Gasteiger partial charge in [-0.05, 0) is 31.9 Å². The van der Waals surface area contributed by atoms with Crippen molar-refractivity contribution in [3.63, 3.8) is 0 Å². The number of rotatable bonds is 5. The van der Waals surface area contributed by atoms with Crippen LogP contribution in [-0.2, 0) is 4.74 Å². The number of aromatic carboxylic acids is 1. The van der Waals surface area contributed by atoms with Crippen LogP contribution in [0.1, 0.15) is 30.3 Å². The highest BCUT2D eigenvalue weighted by Gasteiger charge is 2.29. The normalized spacial score (nSPS) is 21.0. The van der Waals surface area contributed by atoms with Crippen LogP contribution in [0.15, 0.2) is 30.3 Å². The molecule has 1 aromatic heterocycles. The molecule has 5 heteroatoms. The second-order valence-electron chi connectivity index (χ2n) is 5.27. The molecular formula is C16H18N2O3. The number of carbonyl (C=O) groups is 1. The SMILES string of the molecule is CCOC1CC(Nc2cc(C(=O)O)nc3ccccc23)C1. The van der Waals surface area contributed by atoms with E-state index in [0.717, 1.165) is 30.5 Å². The van der Waals surface area contributed by atoms with E-state index >= 15 is 0 Å². The Balaban J connectivity index is 1.85. The van der Waals surface area contributed by atoms with Gasteiger partial charge in [-0.2, -0.15) is 0 Å². The standard InChI is InChI=1S/C16H18N2O3/c1-2-21-11-7-10(8-11)17-14-9-15(16(19)20)18-13-6-4-3-5-12(13)14/h3-6,9-11H,2,7-8H2,1H3,(H,17,18)(H,19,20). The number of fused-ring (bicyclic) bond motifs is 1. The maximum Gasteiger partial charge on any atom is 0.354 e. The molecule has 0 atom stereocenters. The van der Waals surface area contributed by atoms with Gasteiger partial charge in [-0.3, -0.25) is 0 Å². The summed E-state index contributed by atoms with van der Waals surface area (Å²) in [4.78, 5) is 15.4. The lowest BCUT2D eigenvalue weighted by molar-refractivity contribution is 0.00301. The molecule has 0 amide bonds. The molecule has 1 fully saturated rings. The number of hydrogen-bond donors (Lipinski definition) is 2. The zero-order valence-corrected chi connectivity index (χ0v) is 11.9. The van der Waals surface area contributed by atoms with Gasteiger partial charge in [0.15, 0.2) is 5.69 Å². The van der Waals surface area contributed by atoms with Crippen molar-refractivity contribution in [1.82, 2.24) is 4.98 Å². The Hall–Kier alpha value is -2.14. The molecule has 0 saturated heterocycles. The van der Waals surface area contributed by atoms with Gasteiger partial charge < -0.3 is 15.2 Å². The number of aromatic nitrogens is 1. The Morgan fingerprint density at radius 2 is 2.19 bits per heavy atom. The van der Waals surface area contributed by atoms with Gasteiger partial charge in [0.1, 0.15) is 0 Å². The van der Waals surface area contributed by atoms with Crippen molar-refractivity contribution in [2.75, 3.05) is 11.9 Å². The number of carboxylic acids is 1. The number of carboxylic acid groups (broad SMARTS) is 1. The first-order valence-electron chi connectivity index (χ1n) is 7.18. The maximum atomic E-state index is 11.2. The van der Waals surface area contributed by atoms with E-state index in [9.17, 15) is 9.90 Å². The van der Waals surface area contributed by atoms with Gasteiger partial charge in [-0.1, -0.05) is 18.2 Å². The van der Waals surface area contributed by atoms with E-state index in [1.165, 1.54) is 0 Å². The molecule has 1 saturated carbocycles. The average Bonchev–Trinajstić information content (AvgIpc) is 2.44. The van der Waals surface area contributed by atoms with Crippen molar-refractivity contribution in [1.29, 1.82) is 0 Å². The summed E-state index contributed by atoms with van der Waals surface area (Å²) in [5, 5.41) is 13.5. The first-order valence-corrected chi connectivity index (χ1v) is 7.18. The fourth-order valence-corrected chi connectivity index (χ4v) is 2.68. The molecule has 0 aliphatic heterocycles. The second kappa shape index (κ2) is 5.69. The fourth-order valence-electron chi connectivity index (χ4n) is 2.68. The third-order valence-corrected chi connectivity index (χ3v) is 3.79. The van der Waals surface area contributed by atoms with Crippen molar-refractivity contribution in [3.05, 3.63) is 36.0 Å². The van der Waals surface area contributed by atoms with E-state index in [1.807, 2.05) is 31.2 Å². The van der Waals surface area contributed by atoms with E-state index in [1.54, 1.807) is 6.07 Å². The zero-order chi connectivity index (χ0) is 14.8. The molecule has 0 bridgehead atoms. The van der Waals surface area contributed by atoms with Crippen molar-refractivity contribution < 1.29 is 14.6 Å².